The third-order valence-corrected chi connectivity index (χ3v) is 2.26. The van der Waals surface area contributed by atoms with Crippen LogP contribution in [-0.2, 0) is 12.6 Å². The molecule has 0 spiro atoms. The van der Waals surface area contributed by atoms with E-state index in [0.29, 0.717) is 0 Å². The van der Waals surface area contributed by atoms with Gasteiger partial charge in [0.1, 0.15) is 0 Å². The average molecular weight is 279 g/mol. The van der Waals surface area contributed by atoms with Gasteiger partial charge in [-0.1, -0.05) is 15.9 Å². The number of nitrogens with zero attached hydrogens (tertiary/aromatic N) is 1. The van der Waals surface area contributed by atoms with Crippen LogP contribution in [0.25, 0.3) is 0 Å². The van der Waals surface area contributed by atoms with Gasteiger partial charge in [0.25, 0.3) is 0 Å². The highest BCUT2D eigenvalue weighted by Gasteiger charge is 2.34. The predicted octanol–water partition coefficient (Wildman–Crippen LogP) is 3.12. The van der Waals surface area contributed by atoms with Gasteiger partial charge in [-0.25, -0.2) is 0 Å². The van der Waals surface area contributed by atoms with Gasteiger partial charge in [0.2, 0.25) is 0 Å². The summed E-state index contributed by atoms with van der Waals surface area (Å²) in [6.07, 6.45) is -4.65. The largest absolute Gasteiger partial charge is 0.418 e. The normalized spacial score (nSPS) is 11.1. The second-order valence-electron chi connectivity index (χ2n) is 2.86. The molecule has 0 heterocycles. The van der Waals surface area contributed by atoms with Crippen LogP contribution in [-0.4, -0.2) is 0 Å². The summed E-state index contributed by atoms with van der Waals surface area (Å²) in [4.78, 5) is 0. The van der Waals surface area contributed by atoms with Crippen molar-refractivity contribution in [2.45, 2.75) is 12.6 Å². The molecule has 0 aliphatic rings. The Hall–Kier alpha value is -1.22. The molecule has 1 aromatic rings. The van der Waals surface area contributed by atoms with Crippen molar-refractivity contribution in [1.29, 1.82) is 5.26 Å². The lowest BCUT2D eigenvalue weighted by molar-refractivity contribution is -0.137. The smallest absolute Gasteiger partial charge is 0.398 e. The minimum atomic E-state index is -4.50. The summed E-state index contributed by atoms with van der Waals surface area (Å²) >= 11 is 2.94. The van der Waals surface area contributed by atoms with E-state index < -0.39 is 11.7 Å². The molecule has 0 atom stereocenters. The molecule has 80 valence electrons. The standard InChI is InChI=1S/C9H6BrF3N2/c10-6-3-5(1-2-14)8(15)7(4-6)9(11,12)13/h3-4H,1,15H2. The van der Waals surface area contributed by atoms with Crippen LogP contribution in [0, 0.1) is 11.3 Å². The summed E-state index contributed by atoms with van der Waals surface area (Å²) in [6.45, 7) is 0. The highest BCUT2D eigenvalue weighted by atomic mass is 79.9. The first-order chi connectivity index (χ1) is 6.86. The molecule has 0 fully saturated rings. The van der Waals surface area contributed by atoms with E-state index >= 15 is 0 Å². The summed E-state index contributed by atoms with van der Waals surface area (Å²) < 4.78 is 37.7. The topological polar surface area (TPSA) is 49.8 Å². The molecule has 0 aliphatic heterocycles. The Kier molecular flexibility index (Phi) is 3.25. The summed E-state index contributed by atoms with van der Waals surface area (Å²) in [5.41, 5.74) is 4.22. The highest BCUT2D eigenvalue weighted by molar-refractivity contribution is 9.10. The second kappa shape index (κ2) is 4.11. The van der Waals surface area contributed by atoms with E-state index in [-0.39, 0.29) is 22.1 Å². The van der Waals surface area contributed by atoms with E-state index in [1.54, 1.807) is 6.07 Å². The zero-order valence-corrected chi connectivity index (χ0v) is 8.98. The van der Waals surface area contributed by atoms with E-state index in [1.807, 2.05) is 0 Å². The Bertz CT molecular complexity index is 421. The SMILES string of the molecule is N#CCc1cc(Br)cc(C(F)(F)F)c1N. The number of alkyl halides is 3. The van der Waals surface area contributed by atoms with Crippen molar-refractivity contribution in [3.63, 3.8) is 0 Å². The third kappa shape index (κ3) is 2.63. The number of hydrogen-bond acceptors (Lipinski definition) is 2. The maximum Gasteiger partial charge on any atom is 0.418 e. The molecule has 0 radical (unpaired) electrons. The number of hydrogen-bond donors (Lipinski definition) is 1. The van der Waals surface area contributed by atoms with Crippen molar-refractivity contribution in [2.75, 3.05) is 5.73 Å². The van der Waals surface area contributed by atoms with E-state index in [9.17, 15) is 13.2 Å². The van der Waals surface area contributed by atoms with Gasteiger partial charge in [-0.2, -0.15) is 18.4 Å². The highest BCUT2D eigenvalue weighted by Crippen LogP contribution is 2.37. The predicted molar refractivity (Wildman–Crippen MR) is 52.9 cm³/mol. The molecule has 1 rings (SSSR count). The van der Waals surface area contributed by atoms with Gasteiger partial charge in [0.05, 0.1) is 18.1 Å². The van der Waals surface area contributed by atoms with Crippen molar-refractivity contribution in [2.24, 2.45) is 0 Å². The van der Waals surface area contributed by atoms with Gasteiger partial charge in [-0.05, 0) is 17.7 Å². The number of anilines is 1. The molecule has 0 aliphatic carbocycles. The molecule has 0 saturated heterocycles. The average Bonchev–Trinajstić information content (AvgIpc) is 2.09. The minimum absolute atomic E-state index is 0.144. The van der Waals surface area contributed by atoms with Crippen molar-refractivity contribution >= 4 is 21.6 Å². The van der Waals surface area contributed by atoms with E-state index in [2.05, 4.69) is 15.9 Å². The molecule has 2 nitrogen and oxygen atoms in total. The fourth-order valence-corrected chi connectivity index (χ4v) is 1.65. The first kappa shape index (κ1) is 11.9. The quantitative estimate of drug-likeness (QED) is 0.803. The maximum absolute atomic E-state index is 12.5. The van der Waals surface area contributed by atoms with Crippen LogP contribution in [0.5, 0.6) is 0 Å². The van der Waals surface area contributed by atoms with Crippen LogP contribution < -0.4 is 5.73 Å². The van der Waals surface area contributed by atoms with Crippen LogP contribution in [0.1, 0.15) is 11.1 Å². The lowest BCUT2D eigenvalue weighted by atomic mass is 10.1. The van der Waals surface area contributed by atoms with Crippen LogP contribution in [0.3, 0.4) is 0 Å². The summed E-state index contributed by atoms with van der Waals surface area (Å²) in [5, 5.41) is 8.43. The molecular formula is C9H6BrF3N2. The third-order valence-electron chi connectivity index (χ3n) is 1.81. The molecule has 0 bridgehead atoms. The molecule has 1 aromatic carbocycles. The molecular weight excluding hydrogens is 273 g/mol. The molecule has 2 N–H and O–H groups in total. The van der Waals surface area contributed by atoms with Gasteiger partial charge < -0.3 is 5.73 Å². The van der Waals surface area contributed by atoms with Gasteiger partial charge in [0, 0.05) is 10.2 Å². The van der Waals surface area contributed by atoms with Gasteiger partial charge in [-0.15, -0.1) is 0 Å². The van der Waals surface area contributed by atoms with Gasteiger partial charge in [0.15, 0.2) is 0 Å². The number of rotatable bonds is 1. The number of halogens is 4. The van der Waals surface area contributed by atoms with Crippen molar-refractivity contribution in [1.82, 2.24) is 0 Å². The zero-order valence-electron chi connectivity index (χ0n) is 7.40. The lowest BCUT2D eigenvalue weighted by Crippen LogP contribution is -2.11. The first-order valence-electron chi connectivity index (χ1n) is 3.88. The van der Waals surface area contributed by atoms with E-state index in [4.69, 9.17) is 11.0 Å². The molecule has 6 heteroatoms. The fraction of sp³-hybridized carbons (Fsp3) is 0.222. The van der Waals surface area contributed by atoms with Crippen LogP contribution in [0.2, 0.25) is 0 Å². The Morgan fingerprint density at radius 1 is 1.40 bits per heavy atom. The Morgan fingerprint density at radius 3 is 2.47 bits per heavy atom. The number of benzene rings is 1. The fourth-order valence-electron chi connectivity index (χ4n) is 1.14. The molecule has 15 heavy (non-hydrogen) atoms. The summed E-state index contributed by atoms with van der Waals surface area (Å²) in [7, 11) is 0. The molecule has 0 amide bonds. The monoisotopic (exact) mass is 278 g/mol. The van der Waals surface area contributed by atoms with E-state index in [1.165, 1.54) is 6.07 Å². The van der Waals surface area contributed by atoms with Crippen molar-refractivity contribution < 1.29 is 13.2 Å². The second-order valence-corrected chi connectivity index (χ2v) is 3.77. The maximum atomic E-state index is 12.5. The van der Waals surface area contributed by atoms with Crippen molar-refractivity contribution in [3.8, 4) is 6.07 Å². The Labute approximate surface area is 92.6 Å². The number of nitrogen functional groups attached to an aromatic ring is 1. The molecule has 0 unspecified atom stereocenters. The molecule has 0 aromatic heterocycles. The number of nitriles is 1. The number of nitrogens with two attached hydrogens (primary N) is 1. The Morgan fingerprint density at radius 2 is 2.00 bits per heavy atom. The zero-order chi connectivity index (χ0) is 11.6. The summed E-state index contributed by atoms with van der Waals surface area (Å²) in [5.74, 6) is 0. The Balaban J connectivity index is 3.36. The van der Waals surface area contributed by atoms with Crippen molar-refractivity contribution in [3.05, 3.63) is 27.7 Å². The van der Waals surface area contributed by atoms with Crippen LogP contribution in [0.4, 0.5) is 18.9 Å². The van der Waals surface area contributed by atoms with E-state index in [0.717, 1.165) is 6.07 Å². The minimum Gasteiger partial charge on any atom is -0.398 e. The lowest BCUT2D eigenvalue weighted by Gasteiger charge is -2.13. The first-order valence-corrected chi connectivity index (χ1v) is 4.67. The van der Waals surface area contributed by atoms with Gasteiger partial charge >= 0.3 is 6.18 Å². The molecule has 0 saturated carbocycles. The van der Waals surface area contributed by atoms with Crippen LogP contribution in [0.15, 0.2) is 16.6 Å². The van der Waals surface area contributed by atoms with Crippen LogP contribution >= 0.6 is 15.9 Å². The summed E-state index contributed by atoms with van der Waals surface area (Å²) in [6, 6.07) is 4.07. The van der Waals surface area contributed by atoms with Gasteiger partial charge in [-0.3, -0.25) is 0 Å².